The monoisotopic (exact) mass is 543 g/mol. The fraction of sp³-hybridized carbons (Fsp3) is 0.267. The van der Waals surface area contributed by atoms with Crippen molar-refractivity contribution in [2.45, 2.75) is 43.9 Å². The lowest BCUT2D eigenvalue weighted by Gasteiger charge is -2.26. The summed E-state index contributed by atoms with van der Waals surface area (Å²) in [5.74, 6) is -2.06. The third-order valence-corrected chi connectivity index (χ3v) is 6.85. The number of nitrogens with one attached hydrogen (secondary N) is 2. The number of nitrogens with two attached hydrogens (primary N) is 2. The number of nitrogens with zero attached hydrogens (tertiary/aromatic N) is 1. The van der Waals surface area contributed by atoms with Crippen molar-refractivity contribution in [3.63, 3.8) is 0 Å². The van der Waals surface area contributed by atoms with Crippen molar-refractivity contribution in [3.8, 4) is 5.75 Å². The van der Waals surface area contributed by atoms with Crippen molar-refractivity contribution in [1.82, 2.24) is 15.5 Å². The molecule has 0 aromatic heterocycles. The molecule has 0 spiro atoms. The van der Waals surface area contributed by atoms with Gasteiger partial charge in [-0.2, -0.15) is 0 Å². The van der Waals surface area contributed by atoms with E-state index in [1.54, 1.807) is 12.1 Å². The Morgan fingerprint density at radius 2 is 1.52 bits per heavy atom. The molecule has 0 fully saturated rings. The van der Waals surface area contributed by atoms with E-state index in [0.29, 0.717) is 0 Å². The van der Waals surface area contributed by atoms with E-state index in [-0.39, 0.29) is 38.1 Å². The largest absolute Gasteiger partial charge is 0.508 e. The molecule has 3 aromatic carbocycles. The van der Waals surface area contributed by atoms with Crippen molar-refractivity contribution >= 4 is 23.6 Å². The van der Waals surface area contributed by atoms with Crippen LogP contribution in [0.5, 0.6) is 5.75 Å². The van der Waals surface area contributed by atoms with E-state index < -0.39 is 41.8 Å². The molecule has 10 nitrogen and oxygen atoms in total. The van der Waals surface area contributed by atoms with E-state index >= 15 is 0 Å². The van der Waals surface area contributed by atoms with Gasteiger partial charge in [-0.1, -0.05) is 66.7 Å². The molecule has 0 radical (unpaired) electrons. The summed E-state index contributed by atoms with van der Waals surface area (Å²) < 4.78 is 0. The molecule has 3 aromatic rings. The van der Waals surface area contributed by atoms with E-state index in [0.717, 1.165) is 22.3 Å². The Hall–Kier alpha value is -4.70. The minimum atomic E-state index is -0.947. The summed E-state index contributed by atoms with van der Waals surface area (Å²) in [4.78, 5) is 53.0. The summed E-state index contributed by atoms with van der Waals surface area (Å²) in [5, 5.41) is 14.9. The number of aromatic hydroxyl groups is 1. The Labute approximate surface area is 232 Å². The molecule has 10 heteroatoms. The number of carbonyl (C=O) groups is 4. The van der Waals surface area contributed by atoms with Crippen molar-refractivity contribution < 1.29 is 24.3 Å². The highest BCUT2D eigenvalue weighted by Crippen LogP contribution is 2.20. The summed E-state index contributed by atoms with van der Waals surface area (Å²) in [6.45, 7) is -0.161. The second-order valence-corrected chi connectivity index (χ2v) is 9.92. The number of benzene rings is 3. The molecule has 40 heavy (non-hydrogen) atoms. The normalized spacial score (nSPS) is 16.3. The van der Waals surface area contributed by atoms with Crippen LogP contribution in [0.2, 0.25) is 0 Å². The van der Waals surface area contributed by atoms with Crippen LogP contribution in [0.1, 0.15) is 22.3 Å². The zero-order chi connectivity index (χ0) is 28.6. The summed E-state index contributed by atoms with van der Waals surface area (Å²) in [7, 11) is 0. The molecule has 3 unspecified atom stereocenters. The minimum Gasteiger partial charge on any atom is -0.508 e. The molecule has 1 heterocycles. The summed E-state index contributed by atoms with van der Waals surface area (Å²) in [5.41, 5.74) is 15.0. The molecular formula is C30H33N5O5. The van der Waals surface area contributed by atoms with E-state index in [1.807, 2.05) is 54.6 Å². The van der Waals surface area contributed by atoms with Crippen molar-refractivity contribution in [2.24, 2.45) is 11.5 Å². The molecule has 7 N–H and O–H groups in total. The SMILES string of the molecule is NC(=O)C(Cc1ccccc1)NC(=O)CN1Cc2ccccc2CC(NC(=O)C(N)Cc2ccc(O)cc2)C1=O. The maximum absolute atomic E-state index is 13.6. The maximum atomic E-state index is 13.6. The lowest BCUT2D eigenvalue weighted by molar-refractivity contribution is -0.140. The molecule has 4 amide bonds. The van der Waals surface area contributed by atoms with Gasteiger partial charge in [0, 0.05) is 19.4 Å². The highest BCUT2D eigenvalue weighted by Gasteiger charge is 2.33. The average molecular weight is 544 g/mol. The number of amides is 4. The first-order valence-corrected chi connectivity index (χ1v) is 13.0. The molecule has 4 rings (SSSR count). The maximum Gasteiger partial charge on any atom is 0.246 e. The van der Waals surface area contributed by atoms with Gasteiger partial charge < -0.3 is 32.1 Å². The summed E-state index contributed by atoms with van der Waals surface area (Å²) in [6, 6.07) is 20.2. The Balaban J connectivity index is 1.46. The van der Waals surface area contributed by atoms with Crippen LogP contribution in [-0.2, 0) is 45.0 Å². The Kier molecular flexibility index (Phi) is 9.13. The smallest absolute Gasteiger partial charge is 0.246 e. The lowest BCUT2D eigenvalue weighted by atomic mass is 10.0. The van der Waals surface area contributed by atoms with Gasteiger partial charge in [0.15, 0.2) is 0 Å². The quantitative estimate of drug-likeness (QED) is 0.250. The number of phenolic OH excluding ortho intramolecular Hbond substituents is 1. The topological polar surface area (TPSA) is 168 Å². The molecule has 0 saturated carbocycles. The highest BCUT2D eigenvalue weighted by molar-refractivity contribution is 5.93. The van der Waals surface area contributed by atoms with Crippen LogP contribution in [0.4, 0.5) is 0 Å². The molecule has 1 aliphatic heterocycles. The highest BCUT2D eigenvalue weighted by atomic mass is 16.3. The Morgan fingerprint density at radius 1 is 0.900 bits per heavy atom. The second kappa shape index (κ2) is 12.9. The molecular weight excluding hydrogens is 510 g/mol. The van der Waals surface area contributed by atoms with Crippen molar-refractivity contribution in [2.75, 3.05) is 6.54 Å². The predicted molar refractivity (Wildman–Crippen MR) is 149 cm³/mol. The van der Waals surface area contributed by atoms with Gasteiger partial charge in [-0.05, 0) is 40.8 Å². The van der Waals surface area contributed by atoms with Gasteiger partial charge in [0.05, 0.1) is 12.6 Å². The van der Waals surface area contributed by atoms with Crippen LogP contribution in [0.15, 0.2) is 78.9 Å². The molecule has 1 aliphatic rings. The van der Waals surface area contributed by atoms with Gasteiger partial charge >= 0.3 is 0 Å². The molecule has 208 valence electrons. The number of hydrogen-bond acceptors (Lipinski definition) is 6. The second-order valence-electron chi connectivity index (χ2n) is 9.92. The van der Waals surface area contributed by atoms with Crippen LogP contribution in [-0.4, -0.2) is 58.3 Å². The number of primary amides is 1. The number of phenols is 1. The van der Waals surface area contributed by atoms with Gasteiger partial charge in [0.2, 0.25) is 23.6 Å². The van der Waals surface area contributed by atoms with Gasteiger partial charge in [0.1, 0.15) is 17.8 Å². The first-order chi connectivity index (χ1) is 19.2. The van der Waals surface area contributed by atoms with Crippen molar-refractivity contribution in [1.29, 1.82) is 0 Å². The first kappa shape index (κ1) is 28.3. The van der Waals surface area contributed by atoms with Crippen LogP contribution < -0.4 is 22.1 Å². The Morgan fingerprint density at radius 3 is 2.20 bits per heavy atom. The van der Waals surface area contributed by atoms with Gasteiger partial charge in [-0.15, -0.1) is 0 Å². The zero-order valence-electron chi connectivity index (χ0n) is 22.0. The van der Waals surface area contributed by atoms with E-state index in [4.69, 9.17) is 11.5 Å². The van der Waals surface area contributed by atoms with Crippen molar-refractivity contribution in [3.05, 3.63) is 101 Å². The van der Waals surface area contributed by atoms with E-state index in [1.165, 1.54) is 17.0 Å². The third-order valence-electron chi connectivity index (χ3n) is 6.85. The summed E-state index contributed by atoms with van der Waals surface area (Å²) in [6.07, 6.45) is 0.671. The molecule has 0 saturated heterocycles. The first-order valence-electron chi connectivity index (χ1n) is 13.0. The molecule has 3 atom stereocenters. The van der Waals surface area contributed by atoms with Gasteiger partial charge in [0.25, 0.3) is 0 Å². The van der Waals surface area contributed by atoms with Crippen LogP contribution in [0.3, 0.4) is 0 Å². The summed E-state index contributed by atoms with van der Waals surface area (Å²) >= 11 is 0. The fourth-order valence-corrected chi connectivity index (χ4v) is 4.71. The van der Waals surface area contributed by atoms with Gasteiger partial charge in [-0.25, -0.2) is 0 Å². The van der Waals surface area contributed by atoms with E-state index in [2.05, 4.69) is 10.6 Å². The minimum absolute atomic E-state index is 0.107. The van der Waals surface area contributed by atoms with Crippen LogP contribution in [0, 0.1) is 0 Å². The number of fused-ring (bicyclic) bond motifs is 1. The Bertz CT molecular complexity index is 1360. The van der Waals surface area contributed by atoms with Crippen LogP contribution in [0.25, 0.3) is 0 Å². The van der Waals surface area contributed by atoms with Crippen LogP contribution >= 0.6 is 0 Å². The number of rotatable bonds is 10. The fourth-order valence-electron chi connectivity index (χ4n) is 4.71. The third kappa shape index (κ3) is 7.45. The molecule has 0 aliphatic carbocycles. The number of carbonyl (C=O) groups excluding carboxylic acids is 4. The average Bonchev–Trinajstić information content (AvgIpc) is 3.06. The molecule has 0 bridgehead atoms. The number of hydrogen-bond donors (Lipinski definition) is 5. The standard InChI is InChI=1S/C30H33N5O5/c31-24(14-20-10-12-23(36)13-11-20)29(39)34-26-16-21-8-4-5-9-22(21)17-35(30(26)40)18-27(37)33-25(28(32)38)15-19-6-2-1-3-7-19/h1-13,24-26,36H,14-18,31H2,(H2,32,38)(H,33,37)(H,34,39). The van der Waals surface area contributed by atoms with E-state index in [9.17, 15) is 24.3 Å². The van der Waals surface area contributed by atoms with Gasteiger partial charge in [-0.3, -0.25) is 19.2 Å². The lowest BCUT2D eigenvalue weighted by Crippen LogP contribution is -2.55. The predicted octanol–water partition coefficient (Wildman–Crippen LogP) is 0.545. The zero-order valence-corrected chi connectivity index (χ0v) is 22.0.